The fraction of sp³-hybridized carbons (Fsp3) is 0.500. The van der Waals surface area contributed by atoms with Crippen LogP contribution in [0.15, 0.2) is 18.2 Å². The molecule has 1 aromatic carbocycles. The second kappa shape index (κ2) is 6.25. The van der Waals surface area contributed by atoms with Crippen LogP contribution in [0.25, 0.3) is 0 Å². The number of hydrogen-bond donors (Lipinski definition) is 2. The van der Waals surface area contributed by atoms with E-state index in [0.717, 1.165) is 30.5 Å². The molecular weight excluding hydrogens is 297 g/mol. The van der Waals surface area contributed by atoms with Crippen LogP contribution in [-0.4, -0.2) is 37.9 Å². The Morgan fingerprint density at radius 1 is 1.48 bits per heavy atom. The molecule has 2 atom stereocenters. The predicted octanol–water partition coefficient (Wildman–Crippen LogP) is 1.72. The first-order chi connectivity index (χ1) is 11.0. The molecule has 1 fully saturated rings. The quantitative estimate of drug-likeness (QED) is 0.897. The number of likely N-dealkylation sites (tertiary alicyclic amines) is 1. The second-order valence-corrected chi connectivity index (χ2v) is 6.12. The largest absolute Gasteiger partial charge is 0.387 e. The molecule has 1 aliphatic heterocycles. The van der Waals surface area contributed by atoms with Gasteiger partial charge in [0.15, 0.2) is 5.82 Å². The smallest absolute Gasteiger partial charge is 0.218 e. The number of aliphatic hydroxyl groups excluding tert-OH is 1. The van der Waals surface area contributed by atoms with Crippen molar-refractivity contribution in [2.45, 2.75) is 31.9 Å². The van der Waals surface area contributed by atoms with Crippen LogP contribution in [0, 0.1) is 12.7 Å². The van der Waals surface area contributed by atoms with Gasteiger partial charge in [-0.1, -0.05) is 6.07 Å². The number of rotatable bonds is 4. The van der Waals surface area contributed by atoms with E-state index >= 15 is 0 Å². The summed E-state index contributed by atoms with van der Waals surface area (Å²) < 4.78 is 14.8. The van der Waals surface area contributed by atoms with E-state index in [-0.39, 0.29) is 11.9 Å². The van der Waals surface area contributed by atoms with E-state index in [1.54, 1.807) is 17.8 Å². The van der Waals surface area contributed by atoms with Crippen molar-refractivity contribution < 1.29 is 9.50 Å². The summed E-state index contributed by atoms with van der Waals surface area (Å²) in [6.45, 7) is 3.15. The van der Waals surface area contributed by atoms with Gasteiger partial charge < -0.3 is 10.8 Å². The summed E-state index contributed by atoms with van der Waals surface area (Å²) in [5.41, 5.74) is 7.28. The minimum absolute atomic E-state index is 0.0638. The first-order valence-electron chi connectivity index (χ1n) is 7.80. The average Bonchev–Trinajstić information content (AvgIpc) is 3.06. The van der Waals surface area contributed by atoms with Crippen LogP contribution in [0.3, 0.4) is 0 Å². The lowest BCUT2D eigenvalue weighted by Gasteiger charge is -2.25. The van der Waals surface area contributed by atoms with Crippen molar-refractivity contribution in [3.63, 3.8) is 0 Å². The number of aromatic nitrogens is 3. The predicted molar refractivity (Wildman–Crippen MR) is 85.1 cm³/mol. The Kier molecular flexibility index (Phi) is 4.32. The molecule has 124 valence electrons. The molecular formula is C16H22FN5O. The van der Waals surface area contributed by atoms with Gasteiger partial charge in [0.25, 0.3) is 0 Å². The van der Waals surface area contributed by atoms with E-state index in [2.05, 4.69) is 15.0 Å². The molecule has 2 unspecified atom stereocenters. The number of nitrogens with zero attached hydrogens (tertiary/aromatic N) is 4. The zero-order chi connectivity index (χ0) is 16.6. The molecule has 0 bridgehead atoms. The van der Waals surface area contributed by atoms with Gasteiger partial charge in [-0.25, -0.2) is 9.07 Å². The summed E-state index contributed by atoms with van der Waals surface area (Å²) in [4.78, 5) is 6.48. The molecule has 2 heterocycles. The molecule has 0 radical (unpaired) electrons. The van der Waals surface area contributed by atoms with Crippen molar-refractivity contribution in [1.82, 2.24) is 19.7 Å². The monoisotopic (exact) mass is 319 g/mol. The number of β-amino-alcohol motifs (C(OH)–C–C–N with tert-alkyl or cyclic N) is 1. The van der Waals surface area contributed by atoms with Gasteiger partial charge in [0, 0.05) is 13.6 Å². The highest BCUT2D eigenvalue weighted by molar-refractivity contribution is 5.29. The average molecular weight is 319 g/mol. The van der Waals surface area contributed by atoms with Gasteiger partial charge in [0.05, 0.1) is 12.1 Å². The van der Waals surface area contributed by atoms with Gasteiger partial charge in [-0.05, 0) is 49.6 Å². The van der Waals surface area contributed by atoms with E-state index in [0.29, 0.717) is 18.3 Å². The molecule has 2 aromatic rings. The third-order valence-corrected chi connectivity index (χ3v) is 4.47. The van der Waals surface area contributed by atoms with Crippen LogP contribution in [0.1, 0.15) is 41.9 Å². The van der Waals surface area contributed by atoms with Crippen LogP contribution < -0.4 is 5.73 Å². The fourth-order valence-electron chi connectivity index (χ4n) is 3.23. The maximum absolute atomic E-state index is 13.2. The number of halogens is 1. The zero-order valence-electron chi connectivity index (χ0n) is 13.4. The third-order valence-electron chi connectivity index (χ3n) is 4.47. The minimum Gasteiger partial charge on any atom is -0.387 e. The van der Waals surface area contributed by atoms with Crippen LogP contribution in [0.2, 0.25) is 0 Å². The lowest BCUT2D eigenvalue weighted by molar-refractivity contribution is 0.104. The van der Waals surface area contributed by atoms with Crippen LogP contribution in [-0.2, 0) is 7.05 Å². The van der Waals surface area contributed by atoms with Gasteiger partial charge in [-0.3, -0.25) is 4.90 Å². The van der Waals surface area contributed by atoms with Crippen LogP contribution in [0.4, 0.5) is 10.3 Å². The molecule has 6 nitrogen and oxygen atoms in total. The van der Waals surface area contributed by atoms with E-state index < -0.39 is 6.10 Å². The Morgan fingerprint density at radius 3 is 2.91 bits per heavy atom. The normalized spacial score (nSPS) is 20.1. The molecule has 0 saturated carbocycles. The summed E-state index contributed by atoms with van der Waals surface area (Å²) in [5.74, 6) is 0.804. The van der Waals surface area contributed by atoms with Gasteiger partial charge in [0.2, 0.25) is 5.95 Å². The van der Waals surface area contributed by atoms with E-state index in [1.807, 2.05) is 6.92 Å². The molecule has 0 aliphatic carbocycles. The lowest BCUT2D eigenvalue weighted by Crippen LogP contribution is -2.29. The highest BCUT2D eigenvalue weighted by atomic mass is 19.1. The maximum Gasteiger partial charge on any atom is 0.218 e. The Balaban J connectivity index is 1.75. The Hall–Kier alpha value is -1.99. The first-order valence-corrected chi connectivity index (χ1v) is 7.80. The molecule has 3 N–H and O–H groups in total. The highest BCUT2D eigenvalue weighted by Crippen LogP contribution is 2.32. The number of aliphatic hydroxyl groups is 1. The highest BCUT2D eigenvalue weighted by Gasteiger charge is 2.31. The van der Waals surface area contributed by atoms with Gasteiger partial charge >= 0.3 is 0 Å². The van der Waals surface area contributed by atoms with Crippen molar-refractivity contribution in [3.05, 3.63) is 41.0 Å². The number of hydrogen-bond acceptors (Lipinski definition) is 5. The summed E-state index contributed by atoms with van der Waals surface area (Å²) in [6.07, 6.45) is 1.30. The standard InChI is InChI=1S/C16H22FN5O/c1-10-8-11(17)5-6-12(10)14(23)9-22-7-3-4-13(22)15-19-16(18)21(2)20-15/h5-6,8,13-14,23H,3-4,7,9H2,1-2H3,(H2,18,19,20). The van der Waals surface area contributed by atoms with Gasteiger partial charge in [-0.2, -0.15) is 10.1 Å². The summed E-state index contributed by atoms with van der Waals surface area (Å²) in [5, 5.41) is 14.9. The molecule has 23 heavy (non-hydrogen) atoms. The SMILES string of the molecule is Cc1cc(F)ccc1C(O)CN1CCCC1c1nc(N)n(C)n1. The van der Waals surface area contributed by atoms with Crippen LogP contribution in [0.5, 0.6) is 0 Å². The topological polar surface area (TPSA) is 80.2 Å². The number of aryl methyl sites for hydroxylation is 2. The zero-order valence-corrected chi connectivity index (χ0v) is 13.4. The molecule has 0 spiro atoms. The second-order valence-electron chi connectivity index (χ2n) is 6.12. The lowest BCUT2D eigenvalue weighted by atomic mass is 10.0. The van der Waals surface area contributed by atoms with Crippen molar-refractivity contribution >= 4 is 5.95 Å². The van der Waals surface area contributed by atoms with Crippen molar-refractivity contribution in [2.24, 2.45) is 7.05 Å². The molecule has 7 heteroatoms. The van der Waals surface area contributed by atoms with Gasteiger partial charge in [0.1, 0.15) is 5.82 Å². The molecule has 0 amide bonds. The number of benzene rings is 1. The Bertz CT molecular complexity index is 682. The van der Waals surface area contributed by atoms with E-state index in [4.69, 9.17) is 5.73 Å². The molecule has 3 rings (SSSR count). The molecule has 1 aromatic heterocycles. The van der Waals surface area contributed by atoms with E-state index in [9.17, 15) is 9.50 Å². The van der Waals surface area contributed by atoms with E-state index in [1.165, 1.54) is 12.1 Å². The van der Waals surface area contributed by atoms with Crippen molar-refractivity contribution in [3.8, 4) is 0 Å². The Labute approximate surface area is 134 Å². The summed E-state index contributed by atoms with van der Waals surface area (Å²) >= 11 is 0. The van der Waals surface area contributed by atoms with Gasteiger partial charge in [-0.15, -0.1) is 0 Å². The number of nitrogen functional groups attached to an aromatic ring is 1. The molecule has 1 aliphatic rings. The first kappa shape index (κ1) is 15.9. The summed E-state index contributed by atoms with van der Waals surface area (Å²) in [6, 6.07) is 4.54. The molecule has 1 saturated heterocycles. The van der Waals surface area contributed by atoms with Crippen molar-refractivity contribution in [2.75, 3.05) is 18.8 Å². The minimum atomic E-state index is -0.669. The maximum atomic E-state index is 13.2. The third kappa shape index (κ3) is 3.20. The summed E-state index contributed by atoms with van der Waals surface area (Å²) in [7, 11) is 1.77. The van der Waals surface area contributed by atoms with Crippen molar-refractivity contribution in [1.29, 1.82) is 0 Å². The number of anilines is 1. The fourth-order valence-corrected chi connectivity index (χ4v) is 3.23. The number of nitrogens with two attached hydrogens (primary N) is 1. The Morgan fingerprint density at radius 2 is 2.26 bits per heavy atom. The van der Waals surface area contributed by atoms with Crippen LogP contribution >= 0.6 is 0 Å².